The van der Waals surface area contributed by atoms with Crippen LogP contribution in [0.25, 0.3) is 0 Å². The largest absolute Gasteiger partial charge is 0.354 e. The Bertz CT molecular complexity index is 353. The highest BCUT2D eigenvalue weighted by atomic mass is 15.3. The molecule has 0 saturated heterocycles. The summed E-state index contributed by atoms with van der Waals surface area (Å²) in [5, 5.41) is 3.15. The van der Waals surface area contributed by atoms with E-state index in [9.17, 15) is 0 Å². The van der Waals surface area contributed by atoms with Crippen LogP contribution in [0, 0.1) is 0 Å². The Hall–Kier alpha value is -1.36. The van der Waals surface area contributed by atoms with Gasteiger partial charge in [-0.25, -0.2) is 4.98 Å². The van der Waals surface area contributed by atoms with Crippen molar-refractivity contribution in [3.8, 4) is 0 Å². The number of nitrogens with one attached hydrogen (secondary N) is 1. The number of anilines is 2. The van der Waals surface area contributed by atoms with Crippen molar-refractivity contribution in [3.05, 3.63) is 12.3 Å². The normalized spacial score (nSPS) is 12.6. The average Bonchev–Trinajstić information content (AvgIpc) is 2.30. The highest BCUT2D eigenvalue weighted by Crippen LogP contribution is 2.15. The first-order valence-corrected chi connectivity index (χ1v) is 6.56. The lowest BCUT2D eigenvalue weighted by molar-refractivity contribution is 0.372. The summed E-state index contributed by atoms with van der Waals surface area (Å²) in [6, 6.07) is 2.39. The van der Waals surface area contributed by atoms with Gasteiger partial charge in [0.2, 0.25) is 5.95 Å². The summed E-state index contributed by atoms with van der Waals surface area (Å²) in [6.07, 6.45) is 1.81. The molecule has 18 heavy (non-hydrogen) atoms. The van der Waals surface area contributed by atoms with Gasteiger partial charge < -0.3 is 15.1 Å². The van der Waals surface area contributed by atoms with Gasteiger partial charge in [-0.3, -0.25) is 0 Å². The van der Waals surface area contributed by atoms with Crippen LogP contribution in [0.4, 0.5) is 11.8 Å². The van der Waals surface area contributed by atoms with E-state index in [0.717, 1.165) is 25.5 Å². The topological polar surface area (TPSA) is 44.3 Å². The van der Waals surface area contributed by atoms with E-state index in [1.807, 2.05) is 19.2 Å². The maximum atomic E-state index is 4.55. The third-order valence-corrected chi connectivity index (χ3v) is 2.77. The number of hydrogen-bond donors (Lipinski definition) is 1. The minimum atomic E-state index is 0.425. The van der Waals surface area contributed by atoms with Gasteiger partial charge in [0.15, 0.2) is 0 Å². The van der Waals surface area contributed by atoms with Gasteiger partial charge in [-0.1, -0.05) is 0 Å². The van der Waals surface area contributed by atoms with Gasteiger partial charge in [-0.2, -0.15) is 4.98 Å². The van der Waals surface area contributed by atoms with Crippen molar-refractivity contribution in [1.29, 1.82) is 0 Å². The fourth-order valence-corrected chi connectivity index (χ4v) is 2.08. The molecule has 1 rings (SSSR count). The van der Waals surface area contributed by atoms with E-state index in [1.54, 1.807) is 0 Å². The first kappa shape index (κ1) is 14.7. The van der Waals surface area contributed by atoms with E-state index in [1.165, 1.54) is 0 Å². The van der Waals surface area contributed by atoms with E-state index in [-0.39, 0.29) is 0 Å². The molecular weight excluding hydrogens is 226 g/mol. The molecule has 0 aliphatic rings. The minimum Gasteiger partial charge on any atom is -0.354 e. The standard InChI is InChI=1S/C13H25N5/c1-6-14-13-15-9-8-12(16-13)18(7-2)11(3)10-17(4)5/h8-9,11H,6-7,10H2,1-5H3,(H,14,15,16). The van der Waals surface area contributed by atoms with Crippen molar-refractivity contribution in [3.63, 3.8) is 0 Å². The Balaban J connectivity index is 2.83. The van der Waals surface area contributed by atoms with Crippen LogP contribution < -0.4 is 10.2 Å². The third-order valence-electron chi connectivity index (χ3n) is 2.77. The Labute approximate surface area is 110 Å². The van der Waals surface area contributed by atoms with Crippen LogP contribution in [0.2, 0.25) is 0 Å². The van der Waals surface area contributed by atoms with Crippen LogP contribution in [-0.2, 0) is 0 Å². The van der Waals surface area contributed by atoms with Crippen molar-refractivity contribution < 1.29 is 0 Å². The molecule has 1 unspecified atom stereocenters. The molecular formula is C13H25N5. The number of nitrogens with zero attached hydrogens (tertiary/aromatic N) is 4. The van der Waals surface area contributed by atoms with Crippen LogP contribution in [-0.4, -0.2) is 54.6 Å². The average molecular weight is 251 g/mol. The smallest absolute Gasteiger partial charge is 0.224 e. The summed E-state index contributed by atoms with van der Waals surface area (Å²) in [4.78, 5) is 13.2. The van der Waals surface area contributed by atoms with E-state index in [4.69, 9.17) is 0 Å². The molecule has 0 bridgehead atoms. The molecule has 5 heteroatoms. The fourth-order valence-electron chi connectivity index (χ4n) is 2.08. The molecule has 1 N–H and O–H groups in total. The zero-order valence-electron chi connectivity index (χ0n) is 12.1. The quantitative estimate of drug-likeness (QED) is 0.799. The Morgan fingerprint density at radius 2 is 2.06 bits per heavy atom. The molecule has 0 amide bonds. The molecule has 1 atom stereocenters. The lowest BCUT2D eigenvalue weighted by Crippen LogP contribution is -2.40. The predicted molar refractivity (Wildman–Crippen MR) is 77.2 cm³/mol. The molecule has 0 saturated carbocycles. The van der Waals surface area contributed by atoms with Crippen LogP contribution in [0.15, 0.2) is 12.3 Å². The van der Waals surface area contributed by atoms with Crippen LogP contribution in [0.5, 0.6) is 0 Å². The van der Waals surface area contributed by atoms with Gasteiger partial charge in [-0.05, 0) is 40.9 Å². The summed E-state index contributed by atoms with van der Waals surface area (Å²) >= 11 is 0. The molecule has 0 aliphatic carbocycles. The van der Waals surface area contributed by atoms with E-state index in [2.05, 4.69) is 53.0 Å². The molecule has 0 spiro atoms. The Morgan fingerprint density at radius 1 is 1.33 bits per heavy atom. The number of aromatic nitrogens is 2. The maximum Gasteiger partial charge on any atom is 0.224 e. The maximum absolute atomic E-state index is 4.55. The highest BCUT2D eigenvalue weighted by Gasteiger charge is 2.15. The van der Waals surface area contributed by atoms with Gasteiger partial charge in [0.05, 0.1) is 0 Å². The zero-order valence-corrected chi connectivity index (χ0v) is 12.1. The molecule has 0 fully saturated rings. The number of hydrogen-bond acceptors (Lipinski definition) is 5. The Kier molecular flexibility index (Phi) is 5.85. The number of rotatable bonds is 7. The van der Waals surface area contributed by atoms with Gasteiger partial charge in [0, 0.05) is 31.9 Å². The second-order valence-corrected chi connectivity index (χ2v) is 4.67. The predicted octanol–water partition coefficient (Wildman–Crippen LogP) is 1.68. The SMILES string of the molecule is CCNc1nccc(N(CC)C(C)CN(C)C)n1. The minimum absolute atomic E-state index is 0.425. The van der Waals surface area contributed by atoms with Gasteiger partial charge >= 0.3 is 0 Å². The highest BCUT2D eigenvalue weighted by molar-refractivity contribution is 5.43. The van der Waals surface area contributed by atoms with E-state index < -0.39 is 0 Å². The fraction of sp³-hybridized carbons (Fsp3) is 0.692. The summed E-state index contributed by atoms with van der Waals surface area (Å²) in [5.41, 5.74) is 0. The second-order valence-electron chi connectivity index (χ2n) is 4.67. The monoisotopic (exact) mass is 251 g/mol. The molecule has 1 aromatic heterocycles. The number of likely N-dealkylation sites (N-methyl/N-ethyl adjacent to an activating group) is 2. The van der Waals surface area contributed by atoms with Crippen molar-refractivity contribution in [2.45, 2.75) is 26.8 Å². The molecule has 0 aliphatic heterocycles. The molecule has 0 radical (unpaired) electrons. The molecule has 1 heterocycles. The first-order valence-electron chi connectivity index (χ1n) is 6.56. The molecule has 1 aromatic rings. The van der Waals surface area contributed by atoms with Gasteiger partial charge in [-0.15, -0.1) is 0 Å². The lowest BCUT2D eigenvalue weighted by atomic mass is 10.2. The first-order chi connectivity index (χ1) is 8.58. The Morgan fingerprint density at radius 3 is 2.61 bits per heavy atom. The van der Waals surface area contributed by atoms with Crippen molar-refractivity contribution in [1.82, 2.24) is 14.9 Å². The van der Waals surface area contributed by atoms with Crippen LogP contribution >= 0.6 is 0 Å². The molecule has 0 aromatic carbocycles. The molecule has 5 nitrogen and oxygen atoms in total. The summed E-state index contributed by atoms with van der Waals surface area (Å²) in [6.45, 7) is 9.21. The van der Waals surface area contributed by atoms with E-state index in [0.29, 0.717) is 12.0 Å². The summed E-state index contributed by atoms with van der Waals surface area (Å²) in [7, 11) is 4.18. The van der Waals surface area contributed by atoms with Crippen molar-refractivity contribution >= 4 is 11.8 Å². The second kappa shape index (κ2) is 7.16. The van der Waals surface area contributed by atoms with E-state index >= 15 is 0 Å². The lowest BCUT2D eigenvalue weighted by Gasteiger charge is -2.31. The zero-order chi connectivity index (χ0) is 13.5. The summed E-state index contributed by atoms with van der Waals surface area (Å²) in [5.74, 6) is 1.68. The van der Waals surface area contributed by atoms with Crippen molar-refractivity contribution in [2.24, 2.45) is 0 Å². The molecule has 102 valence electrons. The summed E-state index contributed by atoms with van der Waals surface area (Å²) < 4.78 is 0. The van der Waals surface area contributed by atoms with Crippen LogP contribution in [0.3, 0.4) is 0 Å². The van der Waals surface area contributed by atoms with Crippen LogP contribution in [0.1, 0.15) is 20.8 Å². The van der Waals surface area contributed by atoms with Gasteiger partial charge in [0.25, 0.3) is 0 Å². The van der Waals surface area contributed by atoms with Gasteiger partial charge in [0.1, 0.15) is 5.82 Å². The third kappa shape index (κ3) is 4.14. The van der Waals surface area contributed by atoms with Crippen molar-refractivity contribution in [2.75, 3.05) is 43.9 Å².